The Morgan fingerprint density at radius 3 is 2.46 bits per heavy atom. The highest BCUT2D eigenvalue weighted by Crippen LogP contribution is 2.33. The Labute approximate surface area is 198 Å². The molecular formula is C24H25F6N3O2. The van der Waals surface area contributed by atoms with Gasteiger partial charge in [-0.25, -0.2) is 13.2 Å². The van der Waals surface area contributed by atoms with Gasteiger partial charge in [0, 0.05) is 37.5 Å². The van der Waals surface area contributed by atoms with Gasteiger partial charge in [-0.2, -0.15) is 13.2 Å². The lowest BCUT2D eigenvalue weighted by Crippen LogP contribution is -2.50. The van der Waals surface area contributed by atoms with Crippen LogP contribution in [-0.4, -0.2) is 41.4 Å². The molecule has 0 aromatic heterocycles. The van der Waals surface area contributed by atoms with Crippen LogP contribution in [0.2, 0.25) is 0 Å². The summed E-state index contributed by atoms with van der Waals surface area (Å²) in [7, 11) is 0. The van der Waals surface area contributed by atoms with Crippen LogP contribution in [0.4, 0.5) is 26.3 Å². The van der Waals surface area contributed by atoms with Crippen molar-refractivity contribution < 1.29 is 35.9 Å². The van der Waals surface area contributed by atoms with E-state index in [4.69, 9.17) is 5.73 Å². The van der Waals surface area contributed by atoms with Crippen LogP contribution in [0.15, 0.2) is 36.4 Å². The Morgan fingerprint density at radius 2 is 1.77 bits per heavy atom. The van der Waals surface area contributed by atoms with Gasteiger partial charge < -0.3 is 16.0 Å². The third-order valence-corrected chi connectivity index (χ3v) is 5.94. The predicted octanol–water partition coefficient (Wildman–Crippen LogP) is 3.73. The fourth-order valence-electron chi connectivity index (χ4n) is 4.14. The van der Waals surface area contributed by atoms with Gasteiger partial charge in [-0.15, -0.1) is 0 Å². The minimum atomic E-state index is -4.64. The maximum Gasteiger partial charge on any atom is 0.416 e. The first-order valence-electron chi connectivity index (χ1n) is 11.0. The summed E-state index contributed by atoms with van der Waals surface area (Å²) in [4.78, 5) is 27.1. The van der Waals surface area contributed by atoms with Crippen LogP contribution in [-0.2, 0) is 28.6 Å². The lowest BCUT2D eigenvalue weighted by atomic mass is 9.97. The van der Waals surface area contributed by atoms with Gasteiger partial charge in [0.1, 0.15) is 11.9 Å². The topological polar surface area (TPSA) is 75.4 Å². The Kier molecular flexibility index (Phi) is 8.09. The molecule has 3 rings (SSSR count). The number of hydrogen-bond acceptors (Lipinski definition) is 3. The Balaban J connectivity index is 1.81. The monoisotopic (exact) mass is 501 g/mol. The maximum absolute atomic E-state index is 14.0. The average molecular weight is 501 g/mol. The van der Waals surface area contributed by atoms with E-state index in [2.05, 4.69) is 5.32 Å². The van der Waals surface area contributed by atoms with E-state index < -0.39 is 53.1 Å². The molecule has 1 heterocycles. The number of nitrogens with zero attached hydrogens (tertiary/aromatic N) is 1. The Bertz CT molecular complexity index is 1090. The summed E-state index contributed by atoms with van der Waals surface area (Å²) in [5.74, 6) is -4.85. The zero-order valence-corrected chi connectivity index (χ0v) is 18.8. The van der Waals surface area contributed by atoms with Crippen molar-refractivity contribution in [2.24, 2.45) is 5.73 Å². The molecule has 0 saturated carbocycles. The SMILES string of the molecule is C[C@@H]1CCN(C(=O)C[C@H](N)Cc2cc(F)c(F)cc2F)[C@H](Cc2ccccc2C(F)(F)F)C(=O)N1. The van der Waals surface area contributed by atoms with E-state index in [0.717, 1.165) is 6.07 Å². The average Bonchev–Trinajstić information content (AvgIpc) is 2.89. The van der Waals surface area contributed by atoms with Gasteiger partial charge in [-0.3, -0.25) is 9.59 Å². The summed E-state index contributed by atoms with van der Waals surface area (Å²) < 4.78 is 81.1. The van der Waals surface area contributed by atoms with E-state index in [9.17, 15) is 35.9 Å². The highest BCUT2D eigenvalue weighted by molar-refractivity contribution is 5.88. The van der Waals surface area contributed by atoms with Crippen molar-refractivity contribution in [2.45, 2.75) is 56.9 Å². The van der Waals surface area contributed by atoms with Crippen molar-refractivity contribution >= 4 is 11.8 Å². The van der Waals surface area contributed by atoms with Gasteiger partial charge in [-0.05, 0) is 43.0 Å². The largest absolute Gasteiger partial charge is 0.416 e. The number of benzene rings is 2. The fourth-order valence-corrected chi connectivity index (χ4v) is 4.14. The summed E-state index contributed by atoms with van der Waals surface area (Å²) in [6.45, 7) is 1.80. The van der Waals surface area contributed by atoms with E-state index in [1.807, 2.05) is 0 Å². The number of hydrogen-bond donors (Lipinski definition) is 2. The third kappa shape index (κ3) is 6.53. The van der Waals surface area contributed by atoms with Gasteiger partial charge in [0.25, 0.3) is 0 Å². The third-order valence-electron chi connectivity index (χ3n) is 5.94. The molecule has 1 aliphatic rings. The minimum Gasteiger partial charge on any atom is -0.352 e. The molecule has 0 spiro atoms. The molecule has 0 bridgehead atoms. The number of nitrogens with one attached hydrogen (secondary N) is 1. The first-order valence-corrected chi connectivity index (χ1v) is 11.0. The lowest BCUT2D eigenvalue weighted by Gasteiger charge is -2.30. The van der Waals surface area contributed by atoms with Gasteiger partial charge in [0.15, 0.2) is 11.6 Å². The quantitative estimate of drug-likeness (QED) is 0.468. The first kappa shape index (κ1) is 26.5. The van der Waals surface area contributed by atoms with Crippen molar-refractivity contribution in [3.05, 3.63) is 70.5 Å². The van der Waals surface area contributed by atoms with Gasteiger partial charge in [0.2, 0.25) is 11.8 Å². The van der Waals surface area contributed by atoms with Crippen LogP contribution in [0.5, 0.6) is 0 Å². The fraction of sp³-hybridized carbons (Fsp3) is 0.417. The summed E-state index contributed by atoms with van der Waals surface area (Å²) in [5.41, 5.74) is 4.71. The highest BCUT2D eigenvalue weighted by atomic mass is 19.4. The van der Waals surface area contributed by atoms with E-state index >= 15 is 0 Å². The standard InChI is InChI=1S/C24H25F6N3O2/c1-13-6-7-33(22(34)11-16(31)8-15-9-19(26)20(27)12-18(15)25)21(23(35)32-13)10-14-4-2-3-5-17(14)24(28,29)30/h2-5,9,12-13,16,21H,6-8,10-11,31H2,1H3,(H,32,35)/t13-,16-,21-/m1/s1. The molecule has 3 atom stereocenters. The molecule has 5 nitrogen and oxygen atoms in total. The van der Waals surface area contributed by atoms with Crippen LogP contribution in [0.25, 0.3) is 0 Å². The van der Waals surface area contributed by atoms with Gasteiger partial charge in [-0.1, -0.05) is 18.2 Å². The molecule has 35 heavy (non-hydrogen) atoms. The van der Waals surface area contributed by atoms with E-state index in [-0.39, 0.29) is 43.0 Å². The van der Waals surface area contributed by atoms with Gasteiger partial charge >= 0.3 is 6.18 Å². The number of alkyl halides is 3. The number of carbonyl (C=O) groups excluding carboxylic acids is 2. The molecule has 2 aromatic rings. The smallest absolute Gasteiger partial charge is 0.352 e. The van der Waals surface area contributed by atoms with Crippen molar-refractivity contribution in [3.8, 4) is 0 Å². The molecule has 0 radical (unpaired) electrons. The zero-order valence-electron chi connectivity index (χ0n) is 18.8. The maximum atomic E-state index is 14.0. The molecule has 1 fully saturated rings. The molecule has 2 amide bonds. The van der Waals surface area contributed by atoms with Crippen LogP contribution in [0.3, 0.4) is 0 Å². The summed E-state index contributed by atoms with van der Waals surface area (Å²) in [5, 5.41) is 2.70. The van der Waals surface area contributed by atoms with Crippen molar-refractivity contribution in [2.75, 3.05) is 6.54 Å². The molecule has 0 aliphatic carbocycles. The predicted molar refractivity (Wildman–Crippen MR) is 115 cm³/mol. The Hall–Kier alpha value is -3.08. The molecule has 2 aromatic carbocycles. The Morgan fingerprint density at radius 1 is 1.11 bits per heavy atom. The number of rotatable bonds is 6. The summed E-state index contributed by atoms with van der Waals surface area (Å²) >= 11 is 0. The second kappa shape index (κ2) is 10.7. The normalized spacial score (nSPS) is 19.8. The number of halogens is 6. The molecule has 1 aliphatic heterocycles. The first-order chi connectivity index (χ1) is 16.4. The van der Waals surface area contributed by atoms with Crippen molar-refractivity contribution in [1.82, 2.24) is 10.2 Å². The van der Waals surface area contributed by atoms with Crippen molar-refractivity contribution in [1.29, 1.82) is 0 Å². The lowest BCUT2D eigenvalue weighted by molar-refractivity contribution is -0.141. The number of amides is 2. The summed E-state index contributed by atoms with van der Waals surface area (Å²) in [6, 6.07) is 3.32. The zero-order chi connectivity index (χ0) is 25.9. The molecule has 3 N–H and O–H groups in total. The summed E-state index contributed by atoms with van der Waals surface area (Å²) in [6.07, 6.45) is -5.31. The molecule has 0 unspecified atom stereocenters. The van der Waals surface area contributed by atoms with E-state index in [0.29, 0.717) is 18.6 Å². The molecule has 1 saturated heterocycles. The van der Waals surface area contributed by atoms with Crippen molar-refractivity contribution in [3.63, 3.8) is 0 Å². The van der Waals surface area contributed by atoms with Crippen LogP contribution >= 0.6 is 0 Å². The van der Waals surface area contributed by atoms with Crippen LogP contribution in [0.1, 0.15) is 36.5 Å². The van der Waals surface area contributed by atoms with Crippen LogP contribution in [0, 0.1) is 17.5 Å². The molecular weight excluding hydrogens is 476 g/mol. The van der Waals surface area contributed by atoms with E-state index in [1.54, 1.807) is 6.92 Å². The molecule has 11 heteroatoms. The van der Waals surface area contributed by atoms with Crippen LogP contribution < -0.4 is 11.1 Å². The number of carbonyl (C=O) groups is 2. The molecule has 190 valence electrons. The highest BCUT2D eigenvalue weighted by Gasteiger charge is 2.38. The second-order valence-corrected chi connectivity index (χ2v) is 8.69. The minimum absolute atomic E-state index is 0.0872. The second-order valence-electron chi connectivity index (χ2n) is 8.69. The van der Waals surface area contributed by atoms with Gasteiger partial charge in [0.05, 0.1) is 5.56 Å². The van der Waals surface area contributed by atoms with E-state index in [1.165, 1.54) is 23.1 Å². The number of nitrogens with two attached hydrogens (primary N) is 1.